The SMILES string of the molecule is Cc1nn(C)c2c1N(C(=O)C(C)Cl)c1ccccc1NC2=O. The lowest BCUT2D eigenvalue weighted by Crippen LogP contribution is -2.32. The highest BCUT2D eigenvalue weighted by Gasteiger charge is 2.35. The number of aryl methyl sites for hydroxylation is 2. The Morgan fingerprint density at radius 2 is 2.05 bits per heavy atom. The first-order chi connectivity index (χ1) is 10.4. The lowest BCUT2D eigenvalue weighted by molar-refractivity contribution is -0.117. The highest BCUT2D eigenvalue weighted by Crippen LogP contribution is 2.40. The van der Waals surface area contributed by atoms with Crippen LogP contribution in [-0.2, 0) is 11.8 Å². The molecular formula is C15H15ClN4O2. The Morgan fingerprint density at radius 3 is 2.73 bits per heavy atom. The van der Waals surface area contributed by atoms with E-state index in [1.165, 1.54) is 9.58 Å². The summed E-state index contributed by atoms with van der Waals surface area (Å²) in [6, 6.07) is 7.13. The highest BCUT2D eigenvalue weighted by atomic mass is 35.5. The van der Waals surface area contributed by atoms with Crippen LogP contribution >= 0.6 is 11.6 Å². The van der Waals surface area contributed by atoms with Crippen LogP contribution < -0.4 is 10.2 Å². The second kappa shape index (κ2) is 5.14. The van der Waals surface area contributed by atoms with Crippen molar-refractivity contribution in [3.63, 3.8) is 0 Å². The summed E-state index contributed by atoms with van der Waals surface area (Å²) < 4.78 is 1.48. The van der Waals surface area contributed by atoms with Crippen molar-refractivity contribution in [1.82, 2.24) is 9.78 Å². The van der Waals surface area contributed by atoms with Crippen molar-refractivity contribution >= 4 is 40.5 Å². The van der Waals surface area contributed by atoms with Crippen molar-refractivity contribution in [2.24, 2.45) is 7.05 Å². The molecule has 1 aliphatic rings. The van der Waals surface area contributed by atoms with E-state index in [4.69, 9.17) is 11.6 Å². The second-order valence-electron chi connectivity index (χ2n) is 5.17. The molecule has 0 fully saturated rings. The molecule has 3 rings (SSSR count). The topological polar surface area (TPSA) is 67.2 Å². The van der Waals surface area contributed by atoms with E-state index in [0.29, 0.717) is 28.5 Å². The van der Waals surface area contributed by atoms with E-state index >= 15 is 0 Å². The smallest absolute Gasteiger partial charge is 0.276 e. The summed E-state index contributed by atoms with van der Waals surface area (Å²) in [5.74, 6) is -0.606. The maximum absolute atomic E-state index is 12.7. The van der Waals surface area contributed by atoms with Gasteiger partial charge in [0.1, 0.15) is 11.1 Å². The Labute approximate surface area is 132 Å². The molecule has 1 aliphatic heterocycles. The van der Waals surface area contributed by atoms with E-state index < -0.39 is 5.38 Å². The van der Waals surface area contributed by atoms with E-state index in [-0.39, 0.29) is 11.8 Å². The van der Waals surface area contributed by atoms with Crippen LogP contribution in [0.2, 0.25) is 0 Å². The Hall–Kier alpha value is -2.34. The predicted molar refractivity (Wildman–Crippen MR) is 84.8 cm³/mol. The quantitative estimate of drug-likeness (QED) is 0.822. The van der Waals surface area contributed by atoms with Crippen molar-refractivity contribution in [2.45, 2.75) is 19.2 Å². The summed E-state index contributed by atoms with van der Waals surface area (Å²) in [7, 11) is 1.67. The standard InChI is InChI=1S/C15H15ClN4O2/c1-8(16)15(22)20-11-7-5-4-6-10(11)17-14(21)13-12(20)9(2)18-19(13)3/h4-8H,1-3H3,(H,17,21). The molecule has 0 spiro atoms. The molecular weight excluding hydrogens is 304 g/mol. The van der Waals surface area contributed by atoms with E-state index in [1.807, 2.05) is 0 Å². The van der Waals surface area contributed by atoms with Gasteiger partial charge in [0.05, 0.1) is 17.1 Å². The largest absolute Gasteiger partial charge is 0.319 e. The Bertz CT molecular complexity index is 782. The van der Waals surface area contributed by atoms with E-state index in [1.54, 1.807) is 45.2 Å². The fourth-order valence-electron chi connectivity index (χ4n) is 2.65. The Kier molecular flexibility index (Phi) is 3.41. The molecule has 6 nitrogen and oxygen atoms in total. The molecule has 1 aromatic heterocycles. The molecule has 1 atom stereocenters. The Morgan fingerprint density at radius 1 is 1.36 bits per heavy atom. The highest BCUT2D eigenvalue weighted by molar-refractivity contribution is 6.34. The molecule has 0 saturated carbocycles. The molecule has 1 N–H and O–H groups in total. The van der Waals surface area contributed by atoms with E-state index in [0.717, 1.165) is 0 Å². The van der Waals surface area contributed by atoms with Gasteiger partial charge < -0.3 is 5.32 Å². The lowest BCUT2D eigenvalue weighted by Gasteiger charge is -2.24. The fraction of sp³-hybridized carbons (Fsp3) is 0.267. The summed E-state index contributed by atoms with van der Waals surface area (Å²) in [6.45, 7) is 3.37. The number of amides is 2. The average Bonchev–Trinajstić information content (AvgIpc) is 2.68. The van der Waals surface area contributed by atoms with Gasteiger partial charge in [0, 0.05) is 7.05 Å². The maximum atomic E-state index is 12.7. The molecule has 2 heterocycles. The van der Waals surface area contributed by atoms with Crippen molar-refractivity contribution < 1.29 is 9.59 Å². The van der Waals surface area contributed by atoms with Gasteiger partial charge >= 0.3 is 0 Å². The predicted octanol–water partition coefficient (Wildman–Crippen LogP) is 2.59. The molecule has 114 valence electrons. The van der Waals surface area contributed by atoms with Gasteiger partial charge in [-0.05, 0) is 26.0 Å². The molecule has 0 bridgehead atoms. The van der Waals surface area contributed by atoms with Gasteiger partial charge in [-0.1, -0.05) is 12.1 Å². The van der Waals surface area contributed by atoms with Crippen LogP contribution in [0.5, 0.6) is 0 Å². The minimum absolute atomic E-state index is 0.303. The lowest BCUT2D eigenvalue weighted by atomic mass is 10.2. The first-order valence-corrected chi connectivity index (χ1v) is 7.27. The minimum atomic E-state index is -0.728. The number of nitrogens with zero attached hydrogens (tertiary/aromatic N) is 3. The maximum Gasteiger partial charge on any atom is 0.276 e. The number of para-hydroxylation sites is 2. The van der Waals surface area contributed by atoms with Crippen LogP contribution in [0.1, 0.15) is 23.1 Å². The van der Waals surface area contributed by atoms with Gasteiger partial charge in [0.15, 0.2) is 5.69 Å². The number of halogens is 1. The first kappa shape index (κ1) is 14.6. The third kappa shape index (κ3) is 2.07. The van der Waals surface area contributed by atoms with Crippen LogP contribution in [-0.4, -0.2) is 27.0 Å². The van der Waals surface area contributed by atoms with Crippen LogP contribution in [0.4, 0.5) is 17.1 Å². The number of fused-ring (bicyclic) bond motifs is 2. The molecule has 1 aromatic carbocycles. The number of carbonyl (C=O) groups is 2. The zero-order valence-electron chi connectivity index (χ0n) is 12.4. The monoisotopic (exact) mass is 318 g/mol. The van der Waals surface area contributed by atoms with E-state index in [9.17, 15) is 9.59 Å². The van der Waals surface area contributed by atoms with E-state index in [2.05, 4.69) is 10.4 Å². The van der Waals surface area contributed by atoms with Gasteiger partial charge in [-0.3, -0.25) is 19.2 Å². The summed E-state index contributed by atoms with van der Waals surface area (Å²) in [6.07, 6.45) is 0. The van der Waals surface area contributed by atoms with Crippen LogP contribution in [0.15, 0.2) is 24.3 Å². The van der Waals surface area contributed by atoms with Crippen molar-refractivity contribution in [2.75, 3.05) is 10.2 Å². The summed E-state index contributed by atoms with van der Waals surface area (Å²) >= 11 is 6.02. The molecule has 22 heavy (non-hydrogen) atoms. The average molecular weight is 319 g/mol. The number of rotatable bonds is 1. The molecule has 0 aliphatic carbocycles. The number of alkyl halides is 1. The summed E-state index contributed by atoms with van der Waals surface area (Å²) in [5.41, 5.74) is 2.55. The second-order valence-corrected chi connectivity index (χ2v) is 5.82. The minimum Gasteiger partial charge on any atom is -0.319 e. The number of hydrogen-bond donors (Lipinski definition) is 1. The summed E-state index contributed by atoms with van der Waals surface area (Å²) in [5, 5.41) is 6.36. The molecule has 0 saturated heterocycles. The van der Waals surface area contributed by atoms with Crippen molar-refractivity contribution in [3.05, 3.63) is 35.7 Å². The molecule has 2 amide bonds. The zero-order valence-corrected chi connectivity index (χ0v) is 13.2. The summed E-state index contributed by atoms with van der Waals surface area (Å²) in [4.78, 5) is 26.6. The number of aromatic nitrogens is 2. The third-order valence-corrected chi connectivity index (χ3v) is 3.77. The number of nitrogens with one attached hydrogen (secondary N) is 1. The van der Waals surface area contributed by atoms with Gasteiger partial charge in [0.25, 0.3) is 5.91 Å². The van der Waals surface area contributed by atoms with Gasteiger partial charge in [-0.25, -0.2) is 0 Å². The fourth-order valence-corrected chi connectivity index (χ4v) is 2.75. The van der Waals surface area contributed by atoms with Crippen LogP contribution in [0, 0.1) is 6.92 Å². The number of carbonyl (C=O) groups excluding carboxylic acids is 2. The normalized spacial score (nSPS) is 14.7. The third-order valence-electron chi connectivity index (χ3n) is 3.58. The van der Waals surface area contributed by atoms with Gasteiger partial charge in [-0.15, -0.1) is 11.6 Å². The molecule has 1 unspecified atom stereocenters. The van der Waals surface area contributed by atoms with Crippen molar-refractivity contribution in [3.8, 4) is 0 Å². The van der Waals surface area contributed by atoms with Crippen LogP contribution in [0.25, 0.3) is 0 Å². The van der Waals surface area contributed by atoms with Crippen molar-refractivity contribution in [1.29, 1.82) is 0 Å². The molecule has 0 radical (unpaired) electrons. The molecule has 2 aromatic rings. The number of anilines is 3. The zero-order chi connectivity index (χ0) is 16.0. The number of benzene rings is 1. The Balaban J connectivity index is 2.34. The van der Waals surface area contributed by atoms with Gasteiger partial charge in [-0.2, -0.15) is 5.10 Å². The van der Waals surface area contributed by atoms with Gasteiger partial charge in [0.2, 0.25) is 5.91 Å². The first-order valence-electron chi connectivity index (χ1n) is 6.84. The molecule has 7 heteroatoms. The van der Waals surface area contributed by atoms with Crippen LogP contribution in [0.3, 0.4) is 0 Å². The number of hydrogen-bond acceptors (Lipinski definition) is 3.